The predicted molar refractivity (Wildman–Crippen MR) is 69.0 cm³/mol. The molecule has 0 amide bonds. The third kappa shape index (κ3) is 2.13. The Bertz CT molecular complexity index is 434. The Morgan fingerprint density at radius 2 is 2.12 bits per heavy atom. The van der Waals surface area contributed by atoms with Crippen molar-refractivity contribution >= 4 is 11.7 Å². The van der Waals surface area contributed by atoms with Gasteiger partial charge in [-0.25, -0.2) is 4.99 Å². The van der Waals surface area contributed by atoms with E-state index >= 15 is 0 Å². The van der Waals surface area contributed by atoms with Gasteiger partial charge in [-0.3, -0.25) is 4.99 Å². The van der Waals surface area contributed by atoms with Gasteiger partial charge in [0.2, 0.25) is 0 Å². The van der Waals surface area contributed by atoms with Gasteiger partial charge in [-0.15, -0.1) is 0 Å². The van der Waals surface area contributed by atoms with E-state index in [0.29, 0.717) is 0 Å². The van der Waals surface area contributed by atoms with Crippen LogP contribution in [0.25, 0.3) is 0 Å². The number of aliphatic imine (C=N–C) groups is 2. The molecule has 1 heterocycles. The molecule has 0 unspecified atom stereocenters. The zero-order valence-corrected chi connectivity index (χ0v) is 10.1. The molecule has 1 aliphatic carbocycles. The van der Waals surface area contributed by atoms with Crippen LogP contribution in [-0.4, -0.2) is 37.2 Å². The fraction of sp³-hybridized carbons (Fsp3) is 0.385. The summed E-state index contributed by atoms with van der Waals surface area (Å²) in [5.74, 6) is 1.85. The lowest BCUT2D eigenvalue weighted by atomic mass is 10.0. The van der Waals surface area contributed by atoms with E-state index in [-0.39, 0.29) is 0 Å². The van der Waals surface area contributed by atoms with Gasteiger partial charge in [0.15, 0.2) is 0 Å². The molecule has 0 fully saturated rings. The number of hydrogen-bond acceptors (Lipinski definition) is 3. The Kier molecular flexibility index (Phi) is 3.04. The number of amidine groups is 2. The van der Waals surface area contributed by atoms with Crippen molar-refractivity contribution in [3.05, 3.63) is 35.5 Å². The molecule has 2 rings (SSSR count). The predicted octanol–water partition coefficient (Wildman–Crippen LogP) is 2.19. The molecule has 0 saturated heterocycles. The smallest absolute Gasteiger partial charge is 0.137 e. The van der Waals surface area contributed by atoms with Gasteiger partial charge in [-0.05, 0) is 18.9 Å². The summed E-state index contributed by atoms with van der Waals surface area (Å²) in [5, 5.41) is 0. The molecular formula is C13H17N3. The highest BCUT2D eigenvalue weighted by Crippen LogP contribution is 2.20. The summed E-state index contributed by atoms with van der Waals surface area (Å²) >= 11 is 0. The molecule has 0 saturated carbocycles. The summed E-state index contributed by atoms with van der Waals surface area (Å²) in [5.41, 5.74) is 2.47. The Balaban J connectivity index is 2.50. The molecule has 0 aromatic heterocycles. The fourth-order valence-corrected chi connectivity index (χ4v) is 1.83. The molecule has 84 valence electrons. The number of fused-ring (bicyclic) bond motifs is 1. The van der Waals surface area contributed by atoms with E-state index in [1.807, 2.05) is 25.9 Å². The minimum atomic E-state index is 0.736. The highest BCUT2D eigenvalue weighted by atomic mass is 15.2. The van der Waals surface area contributed by atoms with Crippen molar-refractivity contribution in [2.75, 3.05) is 20.6 Å². The summed E-state index contributed by atoms with van der Waals surface area (Å²) in [4.78, 5) is 11.0. The van der Waals surface area contributed by atoms with Gasteiger partial charge in [0.05, 0.1) is 6.54 Å². The quantitative estimate of drug-likeness (QED) is 0.608. The third-order valence-corrected chi connectivity index (χ3v) is 2.66. The lowest BCUT2D eigenvalue weighted by Gasteiger charge is -2.18. The zero-order valence-electron chi connectivity index (χ0n) is 10.1. The molecule has 0 radical (unpaired) electrons. The summed E-state index contributed by atoms with van der Waals surface area (Å²) in [6, 6.07) is 0. The first kappa shape index (κ1) is 10.9. The number of hydrogen-bond donors (Lipinski definition) is 0. The summed E-state index contributed by atoms with van der Waals surface area (Å²) in [7, 11) is 4.04. The highest BCUT2D eigenvalue weighted by molar-refractivity contribution is 6.09. The van der Waals surface area contributed by atoms with Crippen LogP contribution in [0.1, 0.15) is 13.3 Å². The van der Waals surface area contributed by atoms with Gasteiger partial charge in [0.25, 0.3) is 0 Å². The van der Waals surface area contributed by atoms with Crippen molar-refractivity contribution < 1.29 is 0 Å². The molecule has 0 spiro atoms. The minimum Gasteiger partial charge on any atom is -0.362 e. The number of rotatable bonds is 0. The normalized spacial score (nSPS) is 19.7. The van der Waals surface area contributed by atoms with Crippen LogP contribution in [0.15, 0.2) is 45.4 Å². The molecule has 2 aliphatic rings. The Hall–Kier alpha value is -1.64. The van der Waals surface area contributed by atoms with E-state index in [0.717, 1.165) is 24.6 Å². The van der Waals surface area contributed by atoms with E-state index < -0.39 is 0 Å². The van der Waals surface area contributed by atoms with Crippen LogP contribution in [0.5, 0.6) is 0 Å². The van der Waals surface area contributed by atoms with Crippen molar-refractivity contribution in [1.82, 2.24) is 4.90 Å². The first-order valence-electron chi connectivity index (χ1n) is 5.52. The van der Waals surface area contributed by atoms with Crippen molar-refractivity contribution in [2.45, 2.75) is 13.3 Å². The van der Waals surface area contributed by atoms with Crippen LogP contribution in [0.2, 0.25) is 0 Å². The van der Waals surface area contributed by atoms with Crippen LogP contribution in [0, 0.1) is 0 Å². The van der Waals surface area contributed by atoms with E-state index in [1.54, 1.807) is 0 Å². The average Bonchev–Trinajstić information content (AvgIpc) is 2.54. The minimum absolute atomic E-state index is 0.736. The Morgan fingerprint density at radius 3 is 2.88 bits per heavy atom. The second-order valence-electron chi connectivity index (χ2n) is 4.17. The Labute approximate surface area is 96.6 Å². The van der Waals surface area contributed by atoms with Gasteiger partial charge in [0, 0.05) is 19.7 Å². The van der Waals surface area contributed by atoms with Gasteiger partial charge >= 0.3 is 0 Å². The maximum atomic E-state index is 4.55. The van der Waals surface area contributed by atoms with Crippen LogP contribution in [0.3, 0.4) is 0 Å². The third-order valence-electron chi connectivity index (χ3n) is 2.66. The van der Waals surface area contributed by atoms with Gasteiger partial charge in [-0.2, -0.15) is 0 Å². The van der Waals surface area contributed by atoms with Crippen molar-refractivity contribution in [2.24, 2.45) is 9.98 Å². The van der Waals surface area contributed by atoms with Crippen LogP contribution >= 0.6 is 0 Å². The first-order valence-corrected chi connectivity index (χ1v) is 5.52. The van der Waals surface area contributed by atoms with E-state index in [4.69, 9.17) is 0 Å². The van der Waals surface area contributed by atoms with Gasteiger partial charge < -0.3 is 4.90 Å². The van der Waals surface area contributed by atoms with E-state index in [1.165, 1.54) is 11.1 Å². The molecular weight excluding hydrogens is 198 g/mol. The summed E-state index contributed by atoms with van der Waals surface area (Å²) in [6.45, 7) is 2.69. The summed E-state index contributed by atoms with van der Waals surface area (Å²) in [6.07, 6.45) is 9.59. The lowest BCUT2D eigenvalue weighted by Crippen LogP contribution is -2.25. The molecule has 0 aromatic rings. The van der Waals surface area contributed by atoms with E-state index in [2.05, 4.69) is 34.3 Å². The van der Waals surface area contributed by atoms with Crippen LogP contribution in [-0.2, 0) is 0 Å². The van der Waals surface area contributed by atoms with E-state index in [9.17, 15) is 0 Å². The maximum Gasteiger partial charge on any atom is 0.137 e. The first-order chi connectivity index (χ1) is 7.68. The standard InChI is InChI=1S/C13H17N3/c1-10-14-9-11-7-5-4-6-8-12(11)13(15-10)16(2)3/h4,6-8H,5,9H2,1-3H3. The second-order valence-corrected chi connectivity index (χ2v) is 4.17. The SMILES string of the molecule is CC1=NCC2=CCC=CC=C2C(N(C)C)=N1. The molecule has 0 N–H and O–H groups in total. The monoisotopic (exact) mass is 215 g/mol. The largest absolute Gasteiger partial charge is 0.362 e. The van der Waals surface area contributed by atoms with Crippen molar-refractivity contribution in [3.8, 4) is 0 Å². The topological polar surface area (TPSA) is 28.0 Å². The van der Waals surface area contributed by atoms with Gasteiger partial charge in [0.1, 0.15) is 11.7 Å². The zero-order chi connectivity index (χ0) is 11.5. The molecule has 0 atom stereocenters. The molecule has 3 heteroatoms. The van der Waals surface area contributed by atoms with Crippen molar-refractivity contribution in [3.63, 3.8) is 0 Å². The second kappa shape index (κ2) is 4.47. The lowest BCUT2D eigenvalue weighted by molar-refractivity contribution is 0.624. The molecule has 16 heavy (non-hydrogen) atoms. The van der Waals surface area contributed by atoms with Crippen LogP contribution < -0.4 is 0 Å². The highest BCUT2D eigenvalue weighted by Gasteiger charge is 2.17. The fourth-order valence-electron chi connectivity index (χ4n) is 1.83. The molecule has 0 aromatic carbocycles. The molecule has 1 aliphatic heterocycles. The average molecular weight is 215 g/mol. The molecule has 0 bridgehead atoms. The Morgan fingerprint density at radius 1 is 1.31 bits per heavy atom. The summed E-state index contributed by atoms with van der Waals surface area (Å²) < 4.78 is 0. The van der Waals surface area contributed by atoms with Gasteiger partial charge in [-0.1, -0.05) is 24.3 Å². The molecule has 3 nitrogen and oxygen atoms in total. The maximum absolute atomic E-state index is 4.55. The number of likely N-dealkylation sites (N-methyl/N-ethyl adjacent to an activating group) is 1. The number of allylic oxidation sites excluding steroid dienone is 4. The number of nitrogens with zero attached hydrogens (tertiary/aromatic N) is 3. The van der Waals surface area contributed by atoms with Crippen molar-refractivity contribution in [1.29, 1.82) is 0 Å². The van der Waals surface area contributed by atoms with Crippen LogP contribution in [0.4, 0.5) is 0 Å².